The molecule has 0 bridgehead atoms. The molecule has 1 heterocycles. The number of rotatable bonds is 4. The number of halogens is 1. The first-order chi connectivity index (χ1) is 11.5. The minimum atomic E-state index is -0.755. The Kier molecular flexibility index (Phi) is 4.40. The number of ether oxygens (including phenoxy) is 1. The number of non-ortho nitro benzene ring substituents is 1. The molecular weight excluding hydrogens is 332 g/mol. The minimum Gasteiger partial charge on any atom is -0.479 e. The Balaban J connectivity index is 1.75. The molecule has 1 unspecified atom stereocenters. The molecule has 0 radical (unpaired) electrons. The Hall–Kier alpha value is -2.60. The van der Waals surface area contributed by atoms with Gasteiger partial charge in [0.15, 0.2) is 6.10 Å². The number of nitrogens with zero attached hydrogens (tertiary/aromatic N) is 2. The van der Waals surface area contributed by atoms with Crippen LogP contribution >= 0.6 is 11.6 Å². The van der Waals surface area contributed by atoms with Crippen molar-refractivity contribution in [1.82, 2.24) is 0 Å². The van der Waals surface area contributed by atoms with E-state index in [1.165, 1.54) is 18.2 Å². The standard InChI is InChI=1S/C17H15ClN2O4/c1-11(24-16-7-6-13(20(22)23)10-14(16)18)17(21)19-9-8-12-4-2-3-5-15(12)19/h2-7,10-11H,8-9H2,1H3. The molecule has 0 aliphatic carbocycles. The number of nitro benzene ring substituents is 1. The minimum absolute atomic E-state index is 0.102. The van der Waals surface area contributed by atoms with Crippen LogP contribution in [0.2, 0.25) is 5.02 Å². The fourth-order valence-corrected chi connectivity index (χ4v) is 2.95. The average Bonchev–Trinajstić information content (AvgIpc) is 2.99. The summed E-state index contributed by atoms with van der Waals surface area (Å²) in [6.07, 6.45) is 0.0579. The second-order valence-electron chi connectivity index (χ2n) is 5.50. The third kappa shape index (κ3) is 3.05. The lowest BCUT2D eigenvalue weighted by molar-refractivity contribution is -0.384. The van der Waals surface area contributed by atoms with Crippen LogP contribution in [0.15, 0.2) is 42.5 Å². The number of anilines is 1. The van der Waals surface area contributed by atoms with E-state index in [0.717, 1.165) is 17.7 Å². The van der Waals surface area contributed by atoms with Gasteiger partial charge in [-0.15, -0.1) is 0 Å². The topological polar surface area (TPSA) is 72.7 Å². The van der Waals surface area contributed by atoms with Gasteiger partial charge in [-0.3, -0.25) is 14.9 Å². The molecule has 2 aromatic carbocycles. The zero-order valence-corrected chi connectivity index (χ0v) is 13.7. The number of carbonyl (C=O) groups is 1. The Morgan fingerprint density at radius 3 is 2.79 bits per heavy atom. The normalized spacial score (nSPS) is 14.2. The molecular formula is C17H15ClN2O4. The summed E-state index contributed by atoms with van der Waals surface area (Å²) in [6, 6.07) is 11.7. The van der Waals surface area contributed by atoms with Gasteiger partial charge >= 0.3 is 0 Å². The molecule has 1 aliphatic heterocycles. The summed E-state index contributed by atoms with van der Waals surface area (Å²) in [5.41, 5.74) is 1.90. The molecule has 2 aromatic rings. The van der Waals surface area contributed by atoms with Crippen molar-refractivity contribution in [3.8, 4) is 5.75 Å². The van der Waals surface area contributed by atoms with Gasteiger partial charge in [0.2, 0.25) is 0 Å². The maximum absolute atomic E-state index is 12.6. The molecule has 3 rings (SSSR count). The lowest BCUT2D eigenvalue weighted by Crippen LogP contribution is -2.39. The van der Waals surface area contributed by atoms with Gasteiger partial charge < -0.3 is 9.64 Å². The van der Waals surface area contributed by atoms with Crippen molar-refractivity contribution < 1.29 is 14.5 Å². The van der Waals surface area contributed by atoms with Crippen molar-refractivity contribution in [2.75, 3.05) is 11.4 Å². The summed E-state index contributed by atoms with van der Waals surface area (Å²) in [7, 11) is 0. The number of hydrogen-bond donors (Lipinski definition) is 0. The van der Waals surface area contributed by atoms with Crippen LogP contribution in [0.25, 0.3) is 0 Å². The third-order valence-electron chi connectivity index (χ3n) is 3.93. The van der Waals surface area contributed by atoms with E-state index in [2.05, 4.69) is 0 Å². The summed E-state index contributed by atoms with van der Waals surface area (Å²) < 4.78 is 5.62. The monoisotopic (exact) mass is 346 g/mol. The quantitative estimate of drug-likeness (QED) is 0.626. The Bertz CT molecular complexity index is 809. The lowest BCUT2D eigenvalue weighted by atomic mass is 10.2. The van der Waals surface area contributed by atoms with E-state index in [1.807, 2.05) is 24.3 Å². The van der Waals surface area contributed by atoms with Gasteiger partial charge in [0.1, 0.15) is 5.75 Å². The van der Waals surface area contributed by atoms with Crippen molar-refractivity contribution >= 4 is 28.9 Å². The molecule has 0 saturated heterocycles. The molecule has 0 spiro atoms. The molecule has 6 nitrogen and oxygen atoms in total. The maximum Gasteiger partial charge on any atom is 0.271 e. The van der Waals surface area contributed by atoms with E-state index in [1.54, 1.807) is 11.8 Å². The van der Waals surface area contributed by atoms with Crippen LogP contribution in [0.3, 0.4) is 0 Å². The second kappa shape index (κ2) is 6.49. The number of carbonyl (C=O) groups excluding carboxylic acids is 1. The fraction of sp³-hybridized carbons (Fsp3) is 0.235. The number of hydrogen-bond acceptors (Lipinski definition) is 4. The molecule has 0 N–H and O–H groups in total. The summed E-state index contributed by atoms with van der Waals surface area (Å²) >= 11 is 6.01. The maximum atomic E-state index is 12.6. The Morgan fingerprint density at radius 2 is 2.08 bits per heavy atom. The number of fused-ring (bicyclic) bond motifs is 1. The fourth-order valence-electron chi connectivity index (χ4n) is 2.73. The number of amides is 1. The van der Waals surface area contributed by atoms with E-state index in [4.69, 9.17) is 16.3 Å². The van der Waals surface area contributed by atoms with Crippen LogP contribution in [-0.2, 0) is 11.2 Å². The van der Waals surface area contributed by atoms with Crippen molar-refractivity contribution in [1.29, 1.82) is 0 Å². The summed E-state index contributed by atoms with van der Waals surface area (Å²) in [5, 5.41) is 10.8. The highest BCUT2D eigenvalue weighted by Crippen LogP contribution is 2.31. The van der Waals surface area contributed by atoms with E-state index in [0.29, 0.717) is 6.54 Å². The third-order valence-corrected chi connectivity index (χ3v) is 4.23. The predicted molar refractivity (Wildman–Crippen MR) is 90.7 cm³/mol. The van der Waals surface area contributed by atoms with Crippen molar-refractivity contribution in [3.63, 3.8) is 0 Å². The van der Waals surface area contributed by atoms with Gasteiger partial charge in [0, 0.05) is 24.4 Å². The van der Waals surface area contributed by atoms with Gasteiger partial charge in [-0.1, -0.05) is 29.8 Å². The molecule has 0 aromatic heterocycles. The van der Waals surface area contributed by atoms with Crippen LogP contribution in [0, 0.1) is 10.1 Å². The average molecular weight is 347 g/mol. The predicted octanol–water partition coefficient (Wildman–Crippen LogP) is 3.60. The van der Waals surface area contributed by atoms with Gasteiger partial charge in [-0.25, -0.2) is 0 Å². The summed E-state index contributed by atoms with van der Waals surface area (Å²) in [6.45, 7) is 2.25. The van der Waals surface area contributed by atoms with E-state index in [9.17, 15) is 14.9 Å². The van der Waals surface area contributed by atoms with Crippen molar-refractivity contribution in [2.24, 2.45) is 0 Å². The lowest BCUT2D eigenvalue weighted by Gasteiger charge is -2.22. The first-order valence-electron chi connectivity index (χ1n) is 7.47. The molecule has 124 valence electrons. The number of benzene rings is 2. The van der Waals surface area contributed by atoms with E-state index >= 15 is 0 Å². The summed E-state index contributed by atoms with van der Waals surface area (Å²) in [4.78, 5) is 24.5. The Morgan fingerprint density at radius 1 is 1.33 bits per heavy atom. The molecule has 24 heavy (non-hydrogen) atoms. The zero-order chi connectivity index (χ0) is 17.3. The molecule has 7 heteroatoms. The van der Waals surface area contributed by atoms with Crippen molar-refractivity contribution in [2.45, 2.75) is 19.4 Å². The van der Waals surface area contributed by atoms with Gasteiger partial charge in [-0.2, -0.15) is 0 Å². The number of nitro groups is 1. The molecule has 1 aliphatic rings. The first-order valence-corrected chi connectivity index (χ1v) is 7.85. The molecule has 0 fully saturated rings. The van der Waals surface area contributed by atoms with Crippen LogP contribution in [0.4, 0.5) is 11.4 Å². The van der Waals surface area contributed by atoms with Crippen LogP contribution in [-0.4, -0.2) is 23.5 Å². The smallest absolute Gasteiger partial charge is 0.271 e. The summed E-state index contributed by atoms with van der Waals surface area (Å²) in [5.74, 6) is 0.0740. The first kappa shape index (κ1) is 16.3. The van der Waals surface area contributed by atoms with Crippen LogP contribution in [0.1, 0.15) is 12.5 Å². The zero-order valence-electron chi connectivity index (χ0n) is 12.9. The van der Waals surface area contributed by atoms with Crippen LogP contribution < -0.4 is 9.64 Å². The Labute approximate surface area is 143 Å². The molecule has 1 atom stereocenters. The van der Waals surface area contributed by atoms with E-state index in [-0.39, 0.29) is 22.4 Å². The highest BCUT2D eigenvalue weighted by molar-refractivity contribution is 6.32. The number of para-hydroxylation sites is 1. The van der Waals surface area contributed by atoms with Crippen molar-refractivity contribution in [3.05, 3.63) is 63.2 Å². The van der Waals surface area contributed by atoms with Gasteiger partial charge in [0.25, 0.3) is 11.6 Å². The van der Waals surface area contributed by atoms with E-state index < -0.39 is 11.0 Å². The highest BCUT2D eigenvalue weighted by atomic mass is 35.5. The van der Waals surface area contributed by atoms with Crippen LogP contribution in [0.5, 0.6) is 5.75 Å². The highest BCUT2D eigenvalue weighted by Gasteiger charge is 2.29. The van der Waals surface area contributed by atoms with Gasteiger partial charge in [0.05, 0.1) is 9.95 Å². The second-order valence-corrected chi connectivity index (χ2v) is 5.91. The molecule has 0 saturated carbocycles. The largest absolute Gasteiger partial charge is 0.479 e. The van der Waals surface area contributed by atoms with Gasteiger partial charge in [-0.05, 0) is 31.0 Å². The molecule has 1 amide bonds. The SMILES string of the molecule is CC(Oc1ccc([N+](=O)[O-])cc1Cl)C(=O)N1CCc2ccccc21.